The number of benzene rings is 2. The highest BCUT2D eigenvalue weighted by atomic mass is 35.5. The summed E-state index contributed by atoms with van der Waals surface area (Å²) in [6.45, 7) is 4.01. The molecule has 0 amide bonds. The third kappa shape index (κ3) is 2.69. The molecule has 2 rings (SSSR count). The van der Waals surface area contributed by atoms with Crippen LogP contribution in [0.1, 0.15) is 28.4 Å². The maximum atomic E-state index is 10.4. The molecule has 0 heterocycles. The molecule has 0 saturated carbocycles. The van der Waals surface area contributed by atoms with Gasteiger partial charge < -0.3 is 5.11 Å². The minimum atomic E-state index is -0.727. The number of aliphatic hydroxyl groups excluding tert-OH is 1. The van der Waals surface area contributed by atoms with E-state index in [1.54, 1.807) is 18.2 Å². The molecule has 0 aromatic heterocycles. The van der Waals surface area contributed by atoms with Crippen molar-refractivity contribution in [3.63, 3.8) is 0 Å². The lowest BCUT2D eigenvalue weighted by Crippen LogP contribution is -2.03. The van der Waals surface area contributed by atoms with Gasteiger partial charge in [0.05, 0.1) is 0 Å². The molecule has 2 aromatic carbocycles. The van der Waals surface area contributed by atoms with E-state index in [1.165, 1.54) is 5.56 Å². The number of hydrogen-bond donors (Lipinski definition) is 1. The maximum Gasteiger partial charge on any atom is 0.106 e. The number of halogens is 2. The Bertz CT molecular complexity index is 527. The molecule has 0 saturated heterocycles. The highest BCUT2D eigenvalue weighted by Gasteiger charge is 2.16. The fourth-order valence-electron chi connectivity index (χ4n) is 2.02. The Hall–Kier alpha value is -1.02. The first-order valence-electron chi connectivity index (χ1n) is 5.69. The smallest absolute Gasteiger partial charge is 0.106 e. The molecule has 2 aromatic rings. The zero-order valence-corrected chi connectivity index (χ0v) is 11.8. The normalized spacial score (nSPS) is 12.5. The molecule has 0 spiro atoms. The van der Waals surface area contributed by atoms with Gasteiger partial charge in [-0.3, -0.25) is 0 Å². The van der Waals surface area contributed by atoms with E-state index in [9.17, 15) is 5.11 Å². The maximum absolute atomic E-state index is 10.4. The highest BCUT2D eigenvalue weighted by Crippen LogP contribution is 2.31. The molecule has 1 N–H and O–H groups in total. The summed E-state index contributed by atoms with van der Waals surface area (Å²) in [5.41, 5.74) is 3.76. The van der Waals surface area contributed by atoms with Crippen LogP contribution in [0.4, 0.5) is 0 Å². The Labute approximate surface area is 117 Å². The van der Waals surface area contributed by atoms with Crippen LogP contribution in [0.25, 0.3) is 0 Å². The van der Waals surface area contributed by atoms with Gasteiger partial charge >= 0.3 is 0 Å². The standard InChI is InChI=1S/C15H14Cl2O/c1-9-3-5-12(10(2)7-9)15(18)13-6-4-11(16)8-14(13)17/h3-8,15,18H,1-2H3/t15-/m1/s1. The van der Waals surface area contributed by atoms with Crippen LogP contribution < -0.4 is 0 Å². The van der Waals surface area contributed by atoms with E-state index < -0.39 is 6.10 Å². The van der Waals surface area contributed by atoms with Gasteiger partial charge in [0.15, 0.2) is 0 Å². The summed E-state index contributed by atoms with van der Waals surface area (Å²) in [5.74, 6) is 0. The average molecular weight is 281 g/mol. The van der Waals surface area contributed by atoms with Crippen molar-refractivity contribution in [1.29, 1.82) is 0 Å². The first kappa shape index (κ1) is 13.4. The Kier molecular flexibility index (Phi) is 3.96. The van der Waals surface area contributed by atoms with Crippen molar-refractivity contribution in [2.45, 2.75) is 20.0 Å². The lowest BCUT2D eigenvalue weighted by Gasteiger charge is -2.16. The third-order valence-corrected chi connectivity index (χ3v) is 3.54. The lowest BCUT2D eigenvalue weighted by molar-refractivity contribution is 0.219. The third-order valence-electron chi connectivity index (χ3n) is 2.98. The summed E-state index contributed by atoms with van der Waals surface area (Å²) in [5, 5.41) is 11.5. The average Bonchev–Trinajstić information content (AvgIpc) is 2.28. The van der Waals surface area contributed by atoms with Crippen LogP contribution in [0, 0.1) is 13.8 Å². The summed E-state index contributed by atoms with van der Waals surface area (Å²) in [4.78, 5) is 0. The van der Waals surface area contributed by atoms with Crippen LogP contribution in [-0.2, 0) is 0 Å². The number of aliphatic hydroxyl groups is 1. The van der Waals surface area contributed by atoms with Crippen molar-refractivity contribution in [1.82, 2.24) is 0 Å². The van der Waals surface area contributed by atoms with Gasteiger partial charge in [-0.15, -0.1) is 0 Å². The van der Waals surface area contributed by atoms with Crippen molar-refractivity contribution >= 4 is 23.2 Å². The summed E-state index contributed by atoms with van der Waals surface area (Å²) in [7, 11) is 0. The quantitative estimate of drug-likeness (QED) is 0.846. The molecule has 0 fully saturated rings. The Morgan fingerprint density at radius 1 is 0.944 bits per heavy atom. The van der Waals surface area contributed by atoms with E-state index in [-0.39, 0.29) is 0 Å². The van der Waals surface area contributed by atoms with Crippen LogP contribution in [0.2, 0.25) is 10.0 Å². The minimum absolute atomic E-state index is 0.481. The fourth-order valence-corrected chi connectivity index (χ4v) is 2.54. The highest BCUT2D eigenvalue weighted by molar-refractivity contribution is 6.35. The molecule has 0 aliphatic rings. The second-order valence-electron chi connectivity index (χ2n) is 4.43. The van der Waals surface area contributed by atoms with Crippen LogP contribution in [0.15, 0.2) is 36.4 Å². The van der Waals surface area contributed by atoms with Crippen molar-refractivity contribution in [2.24, 2.45) is 0 Å². The number of aryl methyl sites for hydroxylation is 2. The van der Waals surface area contributed by atoms with Gasteiger partial charge in [0.25, 0.3) is 0 Å². The van der Waals surface area contributed by atoms with Crippen LogP contribution in [0.5, 0.6) is 0 Å². The molecule has 1 nitrogen and oxygen atoms in total. The second-order valence-corrected chi connectivity index (χ2v) is 5.27. The van der Waals surface area contributed by atoms with Crippen molar-refractivity contribution < 1.29 is 5.11 Å². The summed E-state index contributed by atoms with van der Waals surface area (Å²) in [6, 6.07) is 11.1. The first-order chi connectivity index (χ1) is 8.49. The van der Waals surface area contributed by atoms with Gasteiger partial charge in [0.2, 0.25) is 0 Å². The van der Waals surface area contributed by atoms with Crippen molar-refractivity contribution in [3.05, 3.63) is 68.7 Å². The predicted octanol–water partition coefficient (Wildman–Crippen LogP) is 4.69. The molecule has 1 atom stereocenters. The molecule has 0 unspecified atom stereocenters. The van der Waals surface area contributed by atoms with E-state index in [0.717, 1.165) is 11.1 Å². The van der Waals surface area contributed by atoms with Gasteiger partial charge in [-0.05, 0) is 37.1 Å². The van der Waals surface area contributed by atoms with Gasteiger partial charge in [-0.1, -0.05) is 53.0 Å². The molecule has 0 bridgehead atoms. The van der Waals surface area contributed by atoms with Gasteiger partial charge in [0, 0.05) is 15.6 Å². The molecule has 0 radical (unpaired) electrons. The van der Waals surface area contributed by atoms with E-state index in [2.05, 4.69) is 0 Å². The monoisotopic (exact) mass is 280 g/mol. The molecular formula is C15H14Cl2O. The van der Waals surface area contributed by atoms with Crippen molar-refractivity contribution in [2.75, 3.05) is 0 Å². The molecular weight excluding hydrogens is 267 g/mol. The molecule has 18 heavy (non-hydrogen) atoms. The second kappa shape index (κ2) is 5.31. The van der Waals surface area contributed by atoms with E-state index >= 15 is 0 Å². The SMILES string of the molecule is Cc1ccc([C@@H](O)c2ccc(Cl)cc2Cl)c(C)c1. The van der Waals surface area contributed by atoms with Crippen LogP contribution >= 0.6 is 23.2 Å². The predicted molar refractivity (Wildman–Crippen MR) is 76.4 cm³/mol. The molecule has 94 valence electrons. The topological polar surface area (TPSA) is 20.2 Å². The molecule has 0 aliphatic carbocycles. The van der Waals surface area contributed by atoms with E-state index in [0.29, 0.717) is 15.6 Å². The Morgan fingerprint density at radius 2 is 1.61 bits per heavy atom. The van der Waals surface area contributed by atoms with Crippen LogP contribution in [0.3, 0.4) is 0 Å². The lowest BCUT2D eigenvalue weighted by atomic mass is 9.96. The van der Waals surface area contributed by atoms with Gasteiger partial charge in [-0.2, -0.15) is 0 Å². The molecule has 0 aliphatic heterocycles. The van der Waals surface area contributed by atoms with E-state index in [4.69, 9.17) is 23.2 Å². The largest absolute Gasteiger partial charge is 0.384 e. The molecule has 3 heteroatoms. The number of rotatable bonds is 2. The van der Waals surface area contributed by atoms with Crippen molar-refractivity contribution in [3.8, 4) is 0 Å². The van der Waals surface area contributed by atoms with E-state index in [1.807, 2.05) is 32.0 Å². The Morgan fingerprint density at radius 3 is 2.22 bits per heavy atom. The summed E-state index contributed by atoms with van der Waals surface area (Å²) >= 11 is 12.0. The summed E-state index contributed by atoms with van der Waals surface area (Å²) in [6.07, 6.45) is -0.727. The number of hydrogen-bond acceptors (Lipinski definition) is 1. The fraction of sp³-hybridized carbons (Fsp3) is 0.200. The minimum Gasteiger partial charge on any atom is -0.384 e. The zero-order valence-electron chi connectivity index (χ0n) is 10.2. The van der Waals surface area contributed by atoms with Crippen LogP contribution in [-0.4, -0.2) is 5.11 Å². The summed E-state index contributed by atoms with van der Waals surface area (Å²) < 4.78 is 0. The first-order valence-corrected chi connectivity index (χ1v) is 6.45. The van der Waals surface area contributed by atoms with Gasteiger partial charge in [0.1, 0.15) is 6.10 Å². The Balaban J connectivity index is 2.44. The zero-order chi connectivity index (χ0) is 13.3. The van der Waals surface area contributed by atoms with Gasteiger partial charge in [-0.25, -0.2) is 0 Å².